The van der Waals surface area contributed by atoms with E-state index in [4.69, 9.17) is 0 Å². The van der Waals surface area contributed by atoms with Crippen LogP contribution in [-0.2, 0) is 22.9 Å². The molecule has 0 saturated carbocycles. The SMILES string of the molecule is C=CCNC(=O)c1cccnc1Nc1ccc2c(c1)C(NS(=O)(=O)c1ccc(CC)cc1)CC2. The lowest BCUT2D eigenvalue weighted by Gasteiger charge is -2.16. The van der Waals surface area contributed by atoms with Crippen molar-refractivity contribution < 1.29 is 13.2 Å². The van der Waals surface area contributed by atoms with E-state index in [1.54, 1.807) is 36.5 Å². The maximum Gasteiger partial charge on any atom is 0.255 e. The molecule has 1 amide bonds. The van der Waals surface area contributed by atoms with Crippen LogP contribution in [0.15, 0.2) is 78.3 Å². The molecule has 2 aromatic carbocycles. The number of carbonyl (C=O) groups is 1. The Morgan fingerprint density at radius 3 is 2.71 bits per heavy atom. The summed E-state index contributed by atoms with van der Waals surface area (Å²) in [5, 5.41) is 5.97. The third-order valence-electron chi connectivity index (χ3n) is 5.88. The van der Waals surface area contributed by atoms with Gasteiger partial charge < -0.3 is 10.6 Å². The zero-order chi connectivity index (χ0) is 24.1. The predicted octanol–water partition coefficient (Wildman–Crippen LogP) is 4.27. The summed E-state index contributed by atoms with van der Waals surface area (Å²) in [4.78, 5) is 17.0. The third kappa shape index (κ3) is 5.18. The molecule has 8 heteroatoms. The Hall–Kier alpha value is -3.49. The standard InChI is InChI=1S/C26H28N4O3S/c1-3-15-28-26(31)22-6-5-16-27-25(22)29-20-11-9-19-10-14-24(23(19)17-20)30-34(32,33)21-12-7-18(4-2)8-13-21/h3,5-9,11-13,16-17,24,30H,1,4,10,14-15H2,2H3,(H,27,29)(H,28,31). The first kappa shape index (κ1) is 23.7. The average molecular weight is 477 g/mol. The molecule has 1 aliphatic rings. The number of amides is 1. The van der Waals surface area contributed by atoms with Gasteiger partial charge in [-0.05, 0) is 72.4 Å². The number of nitrogens with one attached hydrogen (secondary N) is 3. The van der Waals surface area contributed by atoms with Crippen LogP contribution in [0.25, 0.3) is 0 Å². The van der Waals surface area contributed by atoms with Gasteiger partial charge in [0.2, 0.25) is 10.0 Å². The molecular formula is C26H28N4O3S. The van der Waals surface area contributed by atoms with Crippen molar-refractivity contribution in [3.8, 4) is 0 Å². The van der Waals surface area contributed by atoms with Crippen LogP contribution in [-0.4, -0.2) is 25.9 Å². The zero-order valence-corrected chi connectivity index (χ0v) is 19.9. The van der Waals surface area contributed by atoms with Gasteiger partial charge in [0.1, 0.15) is 5.82 Å². The number of anilines is 2. The van der Waals surface area contributed by atoms with E-state index in [1.807, 2.05) is 37.3 Å². The first-order valence-electron chi connectivity index (χ1n) is 11.3. The van der Waals surface area contributed by atoms with Crippen LogP contribution >= 0.6 is 0 Å². The molecule has 1 aromatic heterocycles. The third-order valence-corrected chi connectivity index (χ3v) is 7.37. The zero-order valence-electron chi connectivity index (χ0n) is 19.0. The molecule has 176 valence electrons. The lowest BCUT2D eigenvalue weighted by molar-refractivity contribution is 0.0958. The molecule has 1 aliphatic carbocycles. The van der Waals surface area contributed by atoms with Gasteiger partial charge in [0.15, 0.2) is 0 Å². The summed E-state index contributed by atoms with van der Waals surface area (Å²) in [6.45, 7) is 6.00. The van der Waals surface area contributed by atoms with Crippen molar-refractivity contribution >= 4 is 27.4 Å². The molecule has 1 heterocycles. The summed E-state index contributed by atoms with van der Waals surface area (Å²) < 4.78 is 28.8. The molecule has 0 saturated heterocycles. The highest BCUT2D eigenvalue weighted by Gasteiger charge is 2.28. The Morgan fingerprint density at radius 2 is 1.97 bits per heavy atom. The van der Waals surface area contributed by atoms with E-state index < -0.39 is 10.0 Å². The largest absolute Gasteiger partial charge is 0.348 e. The van der Waals surface area contributed by atoms with Gasteiger partial charge in [-0.3, -0.25) is 4.79 Å². The second kappa shape index (κ2) is 10.2. The smallest absolute Gasteiger partial charge is 0.255 e. The lowest BCUT2D eigenvalue weighted by atomic mass is 10.1. The van der Waals surface area contributed by atoms with Crippen LogP contribution in [0.2, 0.25) is 0 Å². The second-order valence-electron chi connectivity index (χ2n) is 8.15. The van der Waals surface area contributed by atoms with Crippen LogP contribution in [0.5, 0.6) is 0 Å². The summed E-state index contributed by atoms with van der Waals surface area (Å²) in [5.41, 5.74) is 4.26. The highest BCUT2D eigenvalue weighted by Crippen LogP contribution is 2.35. The Kier molecular flexibility index (Phi) is 7.09. The van der Waals surface area contributed by atoms with E-state index in [2.05, 4.69) is 26.9 Å². The van der Waals surface area contributed by atoms with Crippen molar-refractivity contribution in [2.45, 2.75) is 37.1 Å². The minimum absolute atomic E-state index is 0.253. The molecule has 3 N–H and O–H groups in total. The van der Waals surface area contributed by atoms with Gasteiger partial charge in [-0.1, -0.05) is 31.2 Å². The van der Waals surface area contributed by atoms with Gasteiger partial charge in [0.25, 0.3) is 5.91 Å². The summed E-state index contributed by atoms with van der Waals surface area (Å²) in [7, 11) is -3.65. The minimum atomic E-state index is -3.65. The van der Waals surface area contributed by atoms with Gasteiger partial charge in [0.05, 0.1) is 10.5 Å². The quantitative estimate of drug-likeness (QED) is 0.401. The number of hydrogen-bond acceptors (Lipinski definition) is 5. The second-order valence-corrected chi connectivity index (χ2v) is 9.86. The van der Waals surface area contributed by atoms with E-state index in [1.165, 1.54) is 0 Å². The Balaban J connectivity index is 1.55. The molecule has 0 radical (unpaired) electrons. The molecule has 34 heavy (non-hydrogen) atoms. The molecule has 3 aromatic rings. The number of hydrogen-bond donors (Lipinski definition) is 3. The number of benzene rings is 2. The molecule has 4 rings (SSSR count). The van der Waals surface area contributed by atoms with Crippen molar-refractivity contribution in [2.24, 2.45) is 0 Å². The number of rotatable bonds is 9. The number of nitrogens with zero attached hydrogens (tertiary/aromatic N) is 1. The van der Waals surface area contributed by atoms with Crippen molar-refractivity contribution in [2.75, 3.05) is 11.9 Å². The Labute approximate surface area is 200 Å². The fraction of sp³-hybridized carbons (Fsp3) is 0.231. The van der Waals surface area contributed by atoms with E-state index in [-0.39, 0.29) is 16.8 Å². The van der Waals surface area contributed by atoms with Crippen LogP contribution in [0.3, 0.4) is 0 Å². The number of fused-ring (bicyclic) bond motifs is 1. The predicted molar refractivity (Wildman–Crippen MR) is 134 cm³/mol. The Morgan fingerprint density at radius 1 is 1.18 bits per heavy atom. The minimum Gasteiger partial charge on any atom is -0.348 e. The van der Waals surface area contributed by atoms with Crippen LogP contribution < -0.4 is 15.4 Å². The van der Waals surface area contributed by atoms with Crippen molar-refractivity contribution in [1.82, 2.24) is 15.0 Å². The molecule has 1 atom stereocenters. The number of aryl methyl sites for hydroxylation is 2. The summed E-state index contributed by atoms with van der Waals surface area (Å²) in [6, 6.07) is 15.9. The van der Waals surface area contributed by atoms with Crippen LogP contribution in [0.1, 0.15) is 46.4 Å². The fourth-order valence-corrected chi connectivity index (χ4v) is 5.30. The maximum absolute atomic E-state index is 13.0. The number of sulfonamides is 1. The molecule has 0 spiro atoms. The molecule has 7 nitrogen and oxygen atoms in total. The fourth-order valence-electron chi connectivity index (χ4n) is 4.05. The van der Waals surface area contributed by atoms with Gasteiger partial charge in [-0.25, -0.2) is 18.1 Å². The summed E-state index contributed by atoms with van der Waals surface area (Å²) >= 11 is 0. The molecule has 0 aliphatic heterocycles. The first-order chi connectivity index (χ1) is 16.4. The first-order valence-corrected chi connectivity index (χ1v) is 12.7. The summed E-state index contributed by atoms with van der Waals surface area (Å²) in [6.07, 6.45) is 5.55. The molecular weight excluding hydrogens is 448 g/mol. The maximum atomic E-state index is 13.0. The Bertz CT molecular complexity index is 1300. The monoisotopic (exact) mass is 476 g/mol. The van der Waals surface area contributed by atoms with Crippen LogP contribution in [0, 0.1) is 0 Å². The number of pyridine rings is 1. The molecule has 0 fully saturated rings. The van der Waals surface area contributed by atoms with Gasteiger partial charge in [0, 0.05) is 24.5 Å². The number of carbonyl (C=O) groups excluding carboxylic acids is 1. The lowest BCUT2D eigenvalue weighted by Crippen LogP contribution is -2.27. The van der Waals surface area contributed by atoms with Gasteiger partial charge in [-0.15, -0.1) is 6.58 Å². The molecule has 0 bridgehead atoms. The van der Waals surface area contributed by atoms with E-state index in [9.17, 15) is 13.2 Å². The van der Waals surface area contributed by atoms with Crippen molar-refractivity contribution in [3.05, 3.63) is 95.7 Å². The van der Waals surface area contributed by atoms with Crippen molar-refractivity contribution in [1.29, 1.82) is 0 Å². The van der Waals surface area contributed by atoms with Crippen molar-refractivity contribution in [3.63, 3.8) is 0 Å². The normalized spacial score (nSPS) is 14.9. The van der Waals surface area contributed by atoms with E-state index in [0.29, 0.717) is 24.3 Å². The highest BCUT2D eigenvalue weighted by molar-refractivity contribution is 7.89. The summed E-state index contributed by atoms with van der Waals surface area (Å²) in [5.74, 6) is 0.173. The topological polar surface area (TPSA) is 100 Å². The average Bonchev–Trinajstić information content (AvgIpc) is 3.24. The molecule has 1 unspecified atom stereocenters. The highest BCUT2D eigenvalue weighted by atomic mass is 32.2. The van der Waals surface area contributed by atoms with Gasteiger partial charge >= 0.3 is 0 Å². The van der Waals surface area contributed by atoms with Crippen LogP contribution in [0.4, 0.5) is 11.5 Å². The number of aromatic nitrogens is 1. The van der Waals surface area contributed by atoms with E-state index >= 15 is 0 Å². The van der Waals surface area contributed by atoms with E-state index in [0.717, 1.165) is 35.2 Å². The van der Waals surface area contributed by atoms with Gasteiger partial charge in [-0.2, -0.15) is 0 Å².